The van der Waals surface area contributed by atoms with Crippen LogP contribution in [-0.4, -0.2) is 17.6 Å². The second-order valence-electron chi connectivity index (χ2n) is 2.12. The fourth-order valence-corrected chi connectivity index (χ4v) is 0.611. The van der Waals surface area contributed by atoms with Crippen LogP contribution in [-0.2, 0) is 4.79 Å². The zero-order valence-electron chi connectivity index (χ0n) is 6.90. The summed E-state index contributed by atoms with van der Waals surface area (Å²) in [6, 6.07) is 7.22. The van der Waals surface area contributed by atoms with Gasteiger partial charge in [-0.1, -0.05) is 23.7 Å². The molecule has 0 unspecified atom stereocenters. The maximum absolute atomic E-state index is 9.24. The van der Waals surface area contributed by atoms with E-state index in [0.717, 1.165) is 0 Å². The molecule has 0 aliphatic heterocycles. The summed E-state index contributed by atoms with van der Waals surface area (Å²) in [5.41, 5.74) is 10.6. The van der Waals surface area contributed by atoms with Gasteiger partial charge in [0.05, 0.1) is 17.3 Å². The maximum atomic E-state index is 9.24. The first kappa shape index (κ1) is 11.7. The van der Waals surface area contributed by atoms with Gasteiger partial charge in [0, 0.05) is 0 Å². The van der Waals surface area contributed by atoms with E-state index in [9.17, 15) is 4.79 Å². The van der Waals surface area contributed by atoms with Crippen LogP contribution < -0.4 is 11.5 Å². The topological polar surface area (TPSA) is 89.3 Å². The molecule has 1 rings (SSSR count). The van der Waals surface area contributed by atoms with E-state index in [1.807, 2.05) is 12.1 Å². The summed E-state index contributed by atoms with van der Waals surface area (Å²) in [4.78, 5) is 9.24. The molecule has 5 N–H and O–H groups in total. The number of carboxylic acid groups (broad SMARTS) is 1. The minimum atomic E-state index is -0.968. The van der Waals surface area contributed by atoms with Gasteiger partial charge in [-0.25, -0.2) is 0 Å². The molecule has 0 atom stereocenters. The summed E-state index contributed by atoms with van der Waals surface area (Å²) < 4.78 is 0. The fourth-order valence-electron chi connectivity index (χ4n) is 0.475. The lowest BCUT2D eigenvalue weighted by atomic mass is 10.3. The fraction of sp³-hybridized carbons (Fsp3) is 0.125. The smallest absolute Gasteiger partial charge is 0.317 e. The Morgan fingerprint density at radius 2 is 1.92 bits per heavy atom. The molecule has 0 bridgehead atoms. The Balaban J connectivity index is 0.000000252. The Hall–Kier alpha value is -1.26. The van der Waals surface area contributed by atoms with Crippen LogP contribution in [0.3, 0.4) is 0 Å². The van der Waals surface area contributed by atoms with E-state index >= 15 is 0 Å². The van der Waals surface area contributed by atoms with Gasteiger partial charge in [-0.05, 0) is 12.1 Å². The minimum Gasteiger partial charge on any atom is -0.480 e. The second-order valence-corrected chi connectivity index (χ2v) is 2.53. The molecule has 0 radical (unpaired) electrons. The van der Waals surface area contributed by atoms with Gasteiger partial charge in [0.1, 0.15) is 0 Å². The van der Waals surface area contributed by atoms with Crippen molar-refractivity contribution >= 4 is 23.3 Å². The lowest BCUT2D eigenvalue weighted by Gasteiger charge is -1.91. The number of aliphatic carboxylic acids is 1. The Morgan fingerprint density at radius 3 is 2.15 bits per heavy atom. The molecule has 5 heteroatoms. The zero-order valence-corrected chi connectivity index (χ0v) is 7.66. The van der Waals surface area contributed by atoms with E-state index < -0.39 is 5.97 Å². The van der Waals surface area contributed by atoms with Crippen molar-refractivity contribution in [3.63, 3.8) is 0 Å². The first-order valence-electron chi connectivity index (χ1n) is 3.49. The summed E-state index contributed by atoms with van der Waals surface area (Å²) in [6.07, 6.45) is 0. The molecule has 72 valence electrons. The van der Waals surface area contributed by atoms with Crippen molar-refractivity contribution in [1.29, 1.82) is 0 Å². The van der Waals surface area contributed by atoms with Crippen LogP contribution in [0.2, 0.25) is 5.02 Å². The van der Waals surface area contributed by atoms with Crippen molar-refractivity contribution in [2.75, 3.05) is 12.3 Å². The summed E-state index contributed by atoms with van der Waals surface area (Å²) in [6.45, 7) is -0.278. The van der Waals surface area contributed by atoms with Crippen molar-refractivity contribution < 1.29 is 9.90 Å². The number of halogens is 1. The van der Waals surface area contributed by atoms with Crippen molar-refractivity contribution in [3.8, 4) is 0 Å². The molecule has 0 spiro atoms. The highest BCUT2D eigenvalue weighted by atomic mass is 35.5. The molecular formula is C8H11ClN2O2. The third-order valence-electron chi connectivity index (χ3n) is 1.08. The summed E-state index contributed by atoms with van der Waals surface area (Å²) >= 11 is 5.58. The van der Waals surface area contributed by atoms with E-state index in [1.54, 1.807) is 12.1 Å². The SMILES string of the molecule is NCC(=O)O.Nc1ccccc1Cl. The Kier molecular flexibility index (Phi) is 5.67. The number of benzene rings is 1. The third kappa shape index (κ3) is 5.95. The van der Waals surface area contributed by atoms with Crippen LogP contribution in [0.1, 0.15) is 0 Å². The number of nitrogens with two attached hydrogens (primary N) is 2. The van der Waals surface area contributed by atoms with Crippen LogP contribution in [0.5, 0.6) is 0 Å². The Bertz CT molecular complexity index is 258. The first-order chi connectivity index (χ1) is 6.07. The van der Waals surface area contributed by atoms with Crippen LogP contribution >= 0.6 is 11.6 Å². The number of nitrogen functional groups attached to an aromatic ring is 1. The van der Waals surface area contributed by atoms with E-state index in [2.05, 4.69) is 5.73 Å². The molecule has 0 heterocycles. The second kappa shape index (κ2) is 6.28. The minimum absolute atomic E-state index is 0.278. The number of hydrogen-bond acceptors (Lipinski definition) is 3. The molecule has 0 saturated heterocycles. The first-order valence-corrected chi connectivity index (χ1v) is 3.87. The van der Waals surface area contributed by atoms with E-state index in [0.29, 0.717) is 10.7 Å². The predicted molar refractivity (Wildman–Crippen MR) is 52.6 cm³/mol. The number of carbonyl (C=O) groups is 1. The molecule has 0 saturated carbocycles. The largest absolute Gasteiger partial charge is 0.480 e. The average molecular weight is 203 g/mol. The van der Waals surface area contributed by atoms with Crippen LogP contribution in [0.15, 0.2) is 24.3 Å². The van der Waals surface area contributed by atoms with Gasteiger partial charge in [-0.3, -0.25) is 4.79 Å². The van der Waals surface area contributed by atoms with Crippen LogP contribution in [0, 0.1) is 0 Å². The van der Waals surface area contributed by atoms with Crippen molar-refractivity contribution in [1.82, 2.24) is 0 Å². The molecule has 0 amide bonds. The lowest BCUT2D eigenvalue weighted by Crippen LogP contribution is -2.10. The van der Waals surface area contributed by atoms with Gasteiger partial charge in [-0.15, -0.1) is 0 Å². The van der Waals surface area contributed by atoms with E-state index in [-0.39, 0.29) is 6.54 Å². The quantitative estimate of drug-likeness (QED) is 0.592. The van der Waals surface area contributed by atoms with Crippen molar-refractivity contribution in [2.24, 2.45) is 5.73 Å². The summed E-state index contributed by atoms with van der Waals surface area (Å²) in [7, 11) is 0. The highest BCUT2D eigenvalue weighted by molar-refractivity contribution is 6.33. The third-order valence-corrected chi connectivity index (χ3v) is 1.42. The standard InChI is InChI=1S/C6H6ClN.C2H5NO2/c7-5-3-1-2-4-6(5)8;3-1-2(4)5/h1-4H,8H2;1,3H2,(H,4,5). The molecule has 0 aromatic heterocycles. The molecule has 0 fully saturated rings. The predicted octanol–water partition coefficient (Wildman–Crippen LogP) is 0.952. The van der Waals surface area contributed by atoms with Crippen LogP contribution in [0.25, 0.3) is 0 Å². The van der Waals surface area contributed by atoms with Gasteiger partial charge in [0.25, 0.3) is 0 Å². The lowest BCUT2D eigenvalue weighted by molar-refractivity contribution is -0.135. The van der Waals surface area contributed by atoms with Crippen molar-refractivity contribution in [3.05, 3.63) is 29.3 Å². The van der Waals surface area contributed by atoms with Gasteiger partial charge in [0.2, 0.25) is 0 Å². The molecule has 4 nitrogen and oxygen atoms in total. The molecule has 1 aromatic carbocycles. The summed E-state index contributed by atoms with van der Waals surface area (Å²) in [5.74, 6) is -0.968. The maximum Gasteiger partial charge on any atom is 0.317 e. The Labute approximate surface area is 81.1 Å². The van der Waals surface area contributed by atoms with Crippen LogP contribution in [0.4, 0.5) is 5.69 Å². The molecule has 0 aliphatic rings. The van der Waals surface area contributed by atoms with Gasteiger partial charge in [0.15, 0.2) is 0 Å². The Morgan fingerprint density at radius 1 is 1.46 bits per heavy atom. The summed E-state index contributed by atoms with van der Waals surface area (Å²) in [5, 5.41) is 8.22. The number of hydrogen-bond donors (Lipinski definition) is 3. The molecular weight excluding hydrogens is 192 g/mol. The van der Waals surface area contributed by atoms with Gasteiger partial charge >= 0.3 is 5.97 Å². The van der Waals surface area contributed by atoms with E-state index in [1.165, 1.54) is 0 Å². The molecule has 1 aromatic rings. The molecule has 13 heavy (non-hydrogen) atoms. The van der Waals surface area contributed by atoms with Gasteiger partial charge < -0.3 is 16.6 Å². The highest BCUT2D eigenvalue weighted by Crippen LogP contribution is 2.15. The van der Waals surface area contributed by atoms with Crippen molar-refractivity contribution in [2.45, 2.75) is 0 Å². The normalized spacial score (nSPS) is 8.46. The number of rotatable bonds is 1. The molecule has 0 aliphatic carbocycles. The number of para-hydroxylation sites is 1. The number of carboxylic acids is 1. The van der Waals surface area contributed by atoms with E-state index in [4.69, 9.17) is 22.4 Å². The monoisotopic (exact) mass is 202 g/mol. The zero-order chi connectivity index (χ0) is 10.3. The number of anilines is 1. The highest BCUT2D eigenvalue weighted by Gasteiger charge is 1.87. The average Bonchev–Trinajstić information content (AvgIpc) is 2.11. The van der Waals surface area contributed by atoms with Gasteiger partial charge in [-0.2, -0.15) is 0 Å².